The Morgan fingerprint density at radius 1 is 1.10 bits per heavy atom. The number of hydrogen-bond donors (Lipinski definition) is 2. The van der Waals surface area contributed by atoms with Gasteiger partial charge in [0.1, 0.15) is 0 Å². The third kappa shape index (κ3) is 2.72. The SMILES string of the molecule is NCC(CO)(Cc1cccc2ccccc12)CC1CC1. The molecule has 0 saturated heterocycles. The average Bonchev–Trinajstić information content (AvgIpc) is 3.31. The summed E-state index contributed by atoms with van der Waals surface area (Å²) in [5.74, 6) is 0.778. The molecule has 2 aromatic carbocycles. The molecule has 3 N–H and O–H groups in total. The molecule has 0 aliphatic heterocycles. The first kappa shape index (κ1) is 13.6. The van der Waals surface area contributed by atoms with Crippen LogP contribution >= 0.6 is 0 Å². The molecule has 1 atom stereocenters. The summed E-state index contributed by atoms with van der Waals surface area (Å²) < 4.78 is 0. The van der Waals surface area contributed by atoms with Crippen molar-refractivity contribution in [2.75, 3.05) is 13.2 Å². The van der Waals surface area contributed by atoms with Gasteiger partial charge in [-0.2, -0.15) is 0 Å². The quantitative estimate of drug-likeness (QED) is 0.846. The summed E-state index contributed by atoms with van der Waals surface area (Å²) in [6.45, 7) is 0.743. The van der Waals surface area contributed by atoms with Gasteiger partial charge in [-0.25, -0.2) is 0 Å². The molecule has 1 saturated carbocycles. The van der Waals surface area contributed by atoms with Crippen LogP contribution in [0.15, 0.2) is 42.5 Å². The average molecular weight is 269 g/mol. The Balaban J connectivity index is 1.93. The van der Waals surface area contributed by atoms with E-state index < -0.39 is 0 Å². The molecular weight excluding hydrogens is 246 g/mol. The van der Waals surface area contributed by atoms with Crippen LogP contribution in [-0.2, 0) is 6.42 Å². The minimum Gasteiger partial charge on any atom is -0.396 e. The van der Waals surface area contributed by atoms with Gasteiger partial charge >= 0.3 is 0 Å². The predicted molar refractivity (Wildman–Crippen MR) is 83.6 cm³/mol. The molecule has 2 nitrogen and oxygen atoms in total. The van der Waals surface area contributed by atoms with E-state index in [4.69, 9.17) is 5.73 Å². The topological polar surface area (TPSA) is 46.2 Å². The van der Waals surface area contributed by atoms with E-state index in [-0.39, 0.29) is 12.0 Å². The Hall–Kier alpha value is -1.38. The maximum Gasteiger partial charge on any atom is 0.0502 e. The van der Waals surface area contributed by atoms with Gasteiger partial charge in [-0.15, -0.1) is 0 Å². The Morgan fingerprint density at radius 2 is 1.85 bits per heavy atom. The summed E-state index contributed by atoms with van der Waals surface area (Å²) in [7, 11) is 0. The lowest BCUT2D eigenvalue weighted by Gasteiger charge is -2.31. The van der Waals surface area contributed by atoms with Crippen molar-refractivity contribution in [2.24, 2.45) is 17.1 Å². The van der Waals surface area contributed by atoms with Crippen molar-refractivity contribution >= 4 is 10.8 Å². The van der Waals surface area contributed by atoms with Gasteiger partial charge in [-0.1, -0.05) is 55.3 Å². The van der Waals surface area contributed by atoms with Gasteiger partial charge in [0.2, 0.25) is 0 Å². The first-order valence-electron chi connectivity index (χ1n) is 7.54. The Kier molecular flexibility index (Phi) is 3.77. The normalized spacial score (nSPS) is 18.1. The van der Waals surface area contributed by atoms with E-state index in [0.717, 1.165) is 18.8 Å². The van der Waals surface area contributed by atoms with Crippen molar-refractivity contribution in [1.82, 2.24) is 0 Å². The zero-order valence-corrected chi connectivity index (χ0v) is 11.9. The summed E-state index contributed by atoms with van der Waals surface area (Å²) in [6.07, 6.45) is 4.54. The third-order valence-electron chi connectivity index (χ3n) is 4.63. The first-order chi connectivity index (χ1) is 9.76. The summed E-state index contributed by atoms with van der Waals surface area (Å²) in [5, 5.41) is 12.5. The smallest absolute Gasteiger partial charge is 0.0502 e. The van der Waals surface area contributed by atoms with E-state index in [2.05, 4.69) is 42.5 Å². The van der Waals surface area contributed by atoms with Gasteiger partial charge in [0.05, 0.1) is 6.61 Å². The highest BCUT2D eigenvalue weighted by atomic mass is 16.3. The fourth-order valence-corrected chi connectivity index (χ4v) is 3.20. The largest absolute Gasteiger partial charge is 0.396 e. The summed E-state index contributed by atoms with van der Waals surface area (Å²) in [5.41, 5.74) is 7.19. The van der Waals surface area contributed by atoms with Crippen molar-refractivity contribution in [3.63, 3.8) is 0 Å². The highest BCUT2D eigenvalue weighted by Gasteiger charge is 2.36. The third-order valence-corrected chi connectivity index (χ3v) is 4.63. The van der Waals surface area contributed by atoms with E-state index in [1.807, 2.05) is 0 Å². The minimum absolute atomic E-state index is 0.148. The van der Waals surface area contributed by atoms with Gasteiger partial charge in [0.25, 0.3) is 0 Å². The highest BCUT2D eigenvalue weighted by molar-refractivity contribution is 5.85. The van der Waals surface area contributed by atoms with E-state index in [1.54, 1.807) is 0 Å². The number of rotatable bonds is 6. The number of fused-ring (bicyclic) bond motifs is 1. The summed E-state index contributed by atoms with van der Waals surface area (Å²) in [6, 6.07) is 14.9. The molecular formula is C18H23NO. The van der Waals surface area contributed by atoms with Crippen LogP contribution in [-0.4, -0.2) is 18.3 Å². The molecule has 0 amide bonds. The predicted octanol–water partition coefficient (Wildman–Crippen LogP) is 3.12. The van der Waals surface area contributed by atoms with Crippen LogP contribution < -0.4 is 5.73 Å². The van der Waals surface area contributed by atoms with Crippen molar-refractivity contribution in [2.45, 2.75) is 25.7 Å². The Labute approximate surface area is 120 Å². The van der Waals surface area contributed by atoms with E-state index in [1.165, 1.54) is 29.2 Å². The molecule has 106 valence electrons. The second-order valence-electron chi connectivity index (χ2n) is 6.32. The second kappa shape index (κ2) is 5.55. The van der Waals surface area contributed by atoms with Gasteiger partial charge < -0.3 is 10.8 Å². The van der Waals surface area contributed by atoms with Crippen LogP contribution in [0.5, 0.6) is 0 Å². The molecule has 2 aromatic rings. The van der Waals surface area contributed by atoms with Crippen molar-refractivity contribution < 1.29 is 5.11 Å². The summed E-state index contributed by atoms with van der Waals surface area (Å²) >= 11 is 0. The second-order valence-corrected chi connectivity index (χ2v) is 6.32. The van der Waals surface area contributed by atoms with Crippen LogP contribution in [0.2, 0.25) is 0 Å². The number of aliphatic hydroxyl groups is 1. The van der Waals surface area contributed by atoms with Gasteiger partial charge in [-0.3, -0.25) is 0 Å². The molecule has 0 aromatic heterocycles. The van der Waals surface area contributed by atoms with E-state index >= 15 is 0 Å². The molecule has 2 heteroatoms. The molecule has 0 radical (unpaired) electrons. The molecule has 1 aliphatic rings. The lowest BCUT2D eigenvalue weighted by atomic mass is 9.77. The molecule has 1 fully saturated rings. The molecule has 1 unspecified atom stereocenters. The van der Waals surface area contributed by atoms with Gasteiger partial charge in [-0.05, 0) is 35.1 Å². The molecule has 0 spiro atoms. The number of nitrogens with two attached hydrogens (primary N) is 1. The number of hydrogen-bond acceptors (Lipinski definition) is 2. The number of benzene rings is 2. The molecule has 20 heavy (non-hydrogen) atoms. The molecule has 0 bridgehead atoms. The lowest BCUT2D eigenvalue weighted by molar-refractivity contribution is 0.116. The Bertz CT molecular complexity index is 579. The van der Waals surface area contributed by atoms with Crippen LogP contribution in [0.25, 0.3) is 10.8 Å². The van der Waals surface area contributed by atoms with Crippen LogP contribution in [0, 0.1) is 11.3 Å². The molecule has 0 heterocycles. The van der Waals surface area contributed by atoms with Gasteiger partial charge in [0, 0.05) is 12.0 Å². The van der Waals surface area contributed by atoms with Crippen LogP contribution in [0.4, 0.5) is 0 Å². The lowest BCUT2D eigenvalue weighted by Crippen LogP contribution is -2.37. The van der Waals surface area contributed by atoms with E-state index in [0.29, 0.717) is 6.54 Å². The molecule has 3 rings (SSSR count). The van der Waals surface area contributed by atoms with Crippen molar-refractivity contribution in [1.29, 1.82) is 0 Å². The van der Waals surface area contributed by atoms with E-state index in [9.17, 15) is 5.11 Å². The Morgan fingerprint density at radius 3 is 2.55 bits per heavy atom. The zero-order chi connectivity index (χ0) is 14.0. The monoisotopic (exact) mass is 269 g/mol. The number of aliphatic hydroxyl groups excluding tert-OH is 1. The van der Waals surface area contributed by atoms with Crippen molar-refractivity contribution in [3.8, 4) is 0 Å². The summed E-state index contributed by atoms with van der Waals surface area (Å²) in [4.78, 5) is 0. The standard InChI is InChI=1S/C18H23NO/c19-12-18(13-20,10-14-8-9-14)11-16-6-3-5-15-4-1-2-7-17(15)16/h1-7,14,20H,8-13,19H2. The maximum atomic E-state index is 9.91. The zero-order valence-electron chi connectivity index (χ0n) is 11.9. The maximum absolute atomic E-state index is 9.91. The first-order valence-corrected chi connectivity index (χ1v) is 7.54. The fourth-order valence-electron chi connectivity index (χ4n) is 3.20. The fraction of sp³-hybridized carbons (Fsp3) is 0.444. The van der Waals surface area contributed by atoms with Crippen molar-refractivity contribution in [3.05, 3.63) is 48.0 Å². The van der Waals surface area contributed by atoms with Gasteiger partial charge in [0.15, 0.2) is 0 Å². The van der Waals surface area contributed by atoms with Crippen LogP contribution in [0.1, 0.15) is 24.8 Å². The minimum atomic E-state index is -0.148. The van der Waals surface area contributed by atoms with Crippen LogP contribution in [0.3, 0.4) is 0 Å². The highest BCUT2D eigenvalue weighted by Crippen LogP contribution is 2.42. The molecule has 1 aliphatic carbocycles.